The molecule has 1 atom stereocenters. The summed E-state index contributed by atoms with van der Waals surface area (Å²) < 4.78 is 3.79. The summed E-state index contributed by atoms with van der Waals surface area (Å²) in [5, 5.41) is 8.39. The van der Waals surface area contributed by atoms with E-state index in [1.165, 1.54) is 11.5 Å². The van der Waals surface area contributed by atoms with Crippen molar-refractivity contribution in [1.29, 1.82) is 0 Å². The third-order valence-corrected chi connectivity index (χ3v) is 4.65. The molecule has 0 unspecified atom stereocenters. The first-order valence-corrected chi connectivity index (χ1v) is 8.48. The Hall–Kier alpha value is -2.12. The minimum absolute atomic E-state index is 0.0701. The molecule has 0 N–H and O–H groups in total. The normalized spacial score (nSPS) is 12.0. The highest BCUT2D eigenvalue weighted by molar-refractivity contribution is 7.09. The molecule has 1 amide bonds. The standard InChI is InChI=1S/C15H14N4OS2/c1-11(12-5-3-2-4-6-12)19(9-14-16-7-8-21-14)15(20)13-10-22-18-17-13/h2-8,10-11H,9H2,1H3/t11-/m0/s1. The van der Waals surface area contributed by atoms with E-state index < -0.39 is 0 Å². The SMILES string of the molecule is C[C@@H](c1ccccc1)N(Cc1nccs1)C(=O)c1csnn1. The van der Waals surface area contributed by atoms with Gasteiger partial charge in [0.2, 0.25) is 0 Å². The van der Waals surface area contributed by atoms with Crippen molar-refractivity contribution >= 4 is 28.8 Å². The molecule has 0 saturated carbocycles. The zero-order valence-electron chi connectivity index (χ0n) is 11.9. The van der Waals surface area contributed by atoms with Crippen LogP contribution in [0.1, 0.15) is 34.0 Å². The number of carbonyl (C=O) groups is 1. The number of rotatable bonds is 5. The number of thiazole rings is 1. The van der Waals surface area contributed by atoms with Gasteiger partial charge >= 0.3 is 0 Å². The van der Waals surface area contributed by atoms with Gasteiger partial charge in [-0.05, 0) is 24.0 Å². The predicted molar refractivity (Wildman–Crippen MR) is 86.8 cm³/mol. The van der Waals surface area contributed by atoms with Gasteiger partial charge in [0.1, 0.15) is 5.01 Å². The van der Waals surface area contributed by atoms with Crippen LogP contribution in [0.3, 0.4) is 0 Å². The van der Waals surface area contributed by atoms with E-state index in [1.807, 2.05) is 42.6 Å². The van der Waals surface area contributed by atoms with E-state index >= 15 is 0 Å². The fraction of sp³-hybridized carbons (Fsp3) is 0.200. The van der Waals surface area contributed by atoms with E-state index in [9.17, 15) is 4.79 Å². The van der Waals surface area contributed by atoms with Gasteiger partial charge in [-0.15, -0.1) is 16.4 Å². The fourth-order valence-electron chi connectivity index (χ4n) is 2.18. The highest BCUT2D eigenvalue weighted by Gasteiger charge is 2.25. The van der Waals surface area contributed by atoms with Gasteiger partial charge in [-0.2, -0.15) is 0 Å². The van der Waals surface area contributed by atoms with Crippen LogP contribution in [0.4, 0.5) is 0 Å². The van der Waals surface area contributed by atoms with Gasteiger partial charge in [-0.3, -0.25) is 4.79 Å². The Balaban J connectivity index is 1.90. The molecule has 22 heavy (non-hydrogen) atoms. The van der Waals surface area contributed by atoms with Crippen LogP contribution in [0.5, 0.6) is 0 Å². The van der Waals surface area contributed by atoms with Crippen LogP contribution >= 0.6 is 22.9 Å². The molecular formula is C15H14N4OS2. The molecular weight excluding hydrogens is 316 g/mol. The number of benzene rings is 1. The summed E-state index contributed by atoms with van der Waals surface area (Å²) >= 11 is 2.72. The second-order valence-electron chi connectivity index (χ2n) is 4.74. The third kappa shape index (κ3) is 3.20. The maximum atomic E-state index is 12.8. The molecule has 3 aromatic rings. The van der Waals surface area contributed by atoms with Gasteiger partial charge in [0.15, 0.2) is 5.69 Å². The Morgan fingerprint density at radius 1 is 1.32 bits per heavy atom. The highest BCUT2D eigenvalue weighted by Crippen LogP contribution is 2.24. The van der Waals surface area contributed by atoms with Gasteiger partial charge in [0, 0.05) is 17.0 Å². The summed E-state index contributed by atoms with van der Waals surface area (Å²) in [6.45, 7) is 2.48. The van der Waals surface area contributed by atoms with Gasteiger partial charge in [-0.25, -0.2) is 4.98 Å². The average molecular weight is 330 g/mol. The number of hydrogen-bond donors (Lipinski definition) is 0. The lowest BCUT2D eigenvalue weighted by atomic mass is 10.1. The second-order valence-corrected chi connectivity index (χ2v) is 6.32. The molecule has 2 heterocycles. The number of carbonyl (C=O) groups excluding carboxylic acids is 1. The van der Waals surface area contributed by atoms with Crippen LogP contribution in [0.15, 0.2) is 47.3 Å². The van der Waals surface area contributed by atoms with E-state index in [1.54, 1.807) is 27.8 Å². The van der Waals surface area contributed by atoms with Gasteiger partial charge in [0.05, 0.1) is 12.6 Å². The van der Waals surface area contributed by atoms with Crippen LogP contribution in [-0.2, 0) is 6.54 Å². The van der Waals surface area contributed by atoms with Crippen LogP contribution in [0.25, 0.3) is 0 Å². The number of aromatic nitrogens is 3. The van der Waals surface area contributed by atoms with E-state index in [4.69, 9.17) is 0 Å². The molecule has 0 bridgehead atoms. The van der Waals surface area contributed by atoms with Crippen molar-refractivity contribution < 1.29 is 4.79 Å². The van der Waals surface area contributed by atoms with Crippen LogP contribution in [0, 0.1) is 0 Å². The molecule has 1 aromatic carbocycles. The molecule has 3 rings (SSSR count). The van der Waals surface area contributed by atoms with Crippen molar-refractivity contribution in [1.82, 2.24) is 19.5 Å². The molecule has 0 aliphatic carbocycles. The summed E-state index contributed by atoms with van der Waals surface area (Å²) in [5.41, 5.74) is 1.46. The Kier molecular flexibility index (Phi) is 4.55. The summed E-state index contributed by atoms with van der Waals surface area (Å²) in [6, 6.07) is 9.88. The van der Waals surface area contributed by atoms with Crippen LogP contribution < -0.4 is 0 Å². The monoisotopic (exact) mass is 330 g/mol. The van der Waals surface area contributed by atoms with Gasteiger partial charge in [-0.1, -0.05) is 34.8 Å². The number of amides is 1. The topological polar surface area (TPSA) is 59.0 Å². The lowest BCUT2D eigenvalue weighted by Gasteiger charge is -2.28. The largest absolute Gasteiger partial charge is 0.324 e. The Bertz CT molecular complexity index is 713. The minimum Gasteiger partial charge on any atom is -0.324 e. The second kappa shape index (κ2) is 6.76. The zero-order valence-corrected chi connectivity index (χ0v) is 13.5. The average Bonchev–Trinajstić information content (AvgIpc) is 3.25. The molecule has 5 nitrogen and oxygen atoms in total. The summed E-state index contributed by atoms with van der Waals surface area (Å²) in [4.78, 5) is 18.8. The Morgan fingerprint density at radius 3 is 2.77 bits per heavy atom. The van der Waals surface area contributed by atoms with E-state index in [-0.39, 0.29) is 11.9 Å². The van der Waals surface area contributed by atoms with Gasteiger partial charge < -0.3 is 4.90 Å². The first-order chi connectivity index (χ1) is 10.8. The lowest BCUT2D eigenvalue weighted by Crippen LogP contribution is -2.33. The number of hydrogen-bond acceptors (Lipinski definition) is 6. The summed E-state index contributed by atoms with van der Waals surface area (Å²) in [5.74, 6) is -0.125. The molecule has 7 heteroatoms. The van der Waals surface area contributed by atoms with Crippen molar-refractivity contribution in [3.05, 3.63) is 63.6 Å². The zero-order chi connectivity index (χ0) is 15.4. The molecule has 2 aromatic heterocycles. The molecule has 0 radical (unpaired) electrons. The maximum absolute atomic E-state index is 12.8. The third-order valence-electron chi connectivity index (χ3n) is 3.38. The lowest BCUT2D eigenvalue weighted by molar-refractivity contribution is 0.0668. The molecule has 0 aliphatic rings. The van der Waals surface area contributed by atoms with E-state index in [0.717, 1.165) is 10.6 Å². The first kappa shape index (κ1) is 14.8. The van der Waals surface area contributed by atoms with Crippen molar-refractivity contribution in [2.24, 2.45) is 0 Å². The number of nitrogens with zero attached hydrogens (tertiary/aromatic N) is 4. The van der Waals surface area contributed by atoms with Crippen LogP contribution in [-0.4, -0.2) is 25.4 Å². The highest BCUT2D eigenvalue weighted by atomic mass is 32.1. The van der Waals surface area contributed by atoms with Crippen molar-refractivity contribution in [3.63, 3.8) is 0 Å². The quantitative estimate of drug-likeness (QED) is 0.719. The van der Waals surface area contributed by atoms with Crippen molar-refractivity contribution in [2.75, 3.05) is 0 Å². The van der Waals surface area contributed by atoms with E-state index in [2.05, 4.69) is 14.6 Å². The van der Waals surface area contributed by atoms with Crippen molar-refractivity contribution in [2.45, 2.75) is 19.5 Å². The molecule has 0 saturated heterocycles. The maximum Gasteiger partial charge on any atom is 0.276 e. The molecule has 0 aliphatic heterocycles. The predicted octanol–water partition coefficient (Wildman–Crippen LogP) is 3.40. The Labute approximate surface area is 136 Å². The summed E-state index contributed by atoms with van der Waals surface area (Å²) in [6.07, 6.45) is 1.75. The molecule has 112 valence electrons. The first-order valence-electron chi connectivity index (χ1n) is 6.77. The van der Waals surface area contributed by atoms with E-state index in [0.29, 0.717) is 12.2 Å². The Morgan fingerprint density at radius 2 is 2.14 bits per heavy atom. The molecule has 0 spiro atoms. The summed E-state index contributed by atoms with van der Waals surface area (Å²) in [7, 11) is 0. The smallest absolute Gasteiger partial charge is 0.276 e. The molecule has 0 fully saturated rings. The van der Waals surface area contributed by atoms with Crippen LogP contribution in [0.2, 0.25) is 0 Å². The minimum atomic E-state index is -0.125. The van der Waals surface area contributed by atoms with Gasteiger partial charge in [0.25, 0.3) is 5.91 Å². The fourth-order valence-corrected chi connectivity index (χ4v) is 3.22. The van der Waals surface area contributed by atoms with Crippen molar-refractivity contribution in [3.8, 4) is 0 Å².